The van der Waals surface area contributed by atoms with Crippen LogP contribution in [-0.2, 0) is 11.3 Å². The number of morpholine rings is 1. The van der Waals surface area contributed by atoms with Gasteiger partial charge in [-0.05, 0) is 23.8 Å². The number of rotatable bonds is 7. The van der Waals surface area contributed by atoms with E-state index in [1.165, 1.54) is 0 Å². The topological polar surface area (TPSA) is 81.3 Å². The van der Waals surface area contributed by atoms with Crippen LogP contribution in [0.1, 0.15) is 23.6 Å². The number of aliphatic imine (C=N–C) groups is 1. The van der Waals surface area contributed by atoms with Gasteiger partial charge < -0.3 is 25.3 Å². The summed E-state index contributed by atoms with van der Waals surface area (Å²) in [6.45, 7) is 6.32. The van der Waals surface area contributed by atoms with Crippen LogP contribution in [-0.4, -0.2) is 56.9 Å². The van der Waals surface area contributed by atoms with Crippen molar-refractivity contribution in [3.63, 3.8) is 0 Å². The summed E-state index contributed by atoms with van der Waals surface area (Å²) in [6, 6.07) is 16.2. The van der Waals surface area contributed by atoms with Crippen LogP contribution in [0.25, 0.3) is 0 Å². The van der Waals surface area contributed by atoms with Crippen molar-refractivity contribution >= 4 is 5.96 Å². The van der Waals surface area contributed by atoms with E-state index in [9.17, 15) is 0 Å². The predicted octanol–water partition coefficient (Wildman–Crippen LogP) is 2.33. The number of nitrogens with zero attached hydrogens (tertiary/aromatic N) is 2. The third-order valence-corrected chi connectivity index (χ3v) is 5.39. The van der Waals surface area contributed by atoms with E-state index in [0.29, 0.717) is 25.7 Å². The second kappa shape index (κ2) is 10.3. The zero-order valence-electron chi connectivity index (χ0n) is 17.3. The molecule has 1 saturated heterocycles. The zero-order chi connectivity index (χ0) is 20.6. The van der Waals surface area contributed by atoms with Crippen LogP contribution in [0.4, 0.5) is 0 Å². The Balaban J connectivity index is 1.28. The third-order valence-electron chi connectivity index (χ3n) is 5.39. The average molecular weight is 411 g/mol. The van der Waals surface area contributed by atoms with Crippen LogP contribution in [0.3, 0.4) is 0 Å². The van der Waals surface area contributed by atoms with Crippen molar-refractivity contribution in [3.8, 4) is 11.5 Å². The maximum atomic E-state index is 6.16. The summed E-state index contributed by atoms with van der Waals surface area (Å²) in [5, 5.41) is 3.33. The van der Waals surface area contributed by atoms with Crippen LogP contribution in [0.15, 0.2) is 53.5 Å². The lowest BCUT2D eigenvalue weighted by atomic mass is 10.0. The molecule has 2 heterocycles. The quantitative estimate of drug-likeness (QED) is 0.539. The summed E-state index contributed by atoms with van der Waals surface area (Å²) in [6.07, 6.45) is 0.861. The summed E-state index contributed by atoms with van der Waals surface area (Å²) in [5.41, 5.74) is 8.35. The van der Waals surface area contributed by atoms with Gasteiger partial charge in [-0.25, -0.2) is 4.99 Å². The first-order valence-electron chi connectivity index (χ1n) is 10.6. The Hall–Kier alpha value is -2.77. The smallest absolute Gasteiger partial charge is 0.189 e. The molecule has 30 heavy (non-hydrogen) atoms. The van der Waals surface area contributed by atoms with E-state index in [0.717, 1.165) is 61.9 Å². The number of guanidine groups is 1. The van der Waals surface area contributed by atoms with Gasteiger partial charge in [0.2, 0.25) is 0 Å². The molecule has 0 aromatic heterocycles. The molecule has 2 aliphatic rings. The summed E-state index contributed by atoms with van der Waals surface area (Å²) in [5.74, 6) is 2.21. The highest BCUT2D eigenvalue weighted by Crippen LogP contribution is 2.31. The monoisotopic (exact) mass is 410 g/mol. The van der Waals surface area contributed by atoms with Crippen LogP contribution in [0.5, 0.6) is 11.5 Å². The third kappa shape index (κ3) is 5.64. The Bertz CT molecular complexity index is 852. The van der Waals surface area contributed by atoms with Crippen LogP contribution in [0, 0.1) is 0 Å². The number of nitrogens with one attached hydrogen (secondary N) is 1. The first kappa shape index (κ1) is 20.5. The molecule has 7 heteroatoms. The minimum Gasteiger partial charge on any atom is -0.493 e. The molecule has 0 amide bonds. The normalized spacial score (nSPS) is 19.6. The van der Waals surface area contributed by atoms with Gasteiger partial charge >= 0.3 is 0 Å². The van der Waals surface area contributed by atoms with Gasteiger partial charge in [-0.2, -0.15) is 0 Å². The number of fused-ring (bicyclic) bond motifs is 1. The van der Waals surface area contributed by atoms with Crippen LogP contribution >= 0.6 is 0 Å². The molecular formula is C23H30N4O3. The molecule has 0 spiro atoms. The standard InChI is InChI=1S/C23H30N4O3/c24-23(26-21-8-12-30-22-7-2-1-6-20(21)22)25-17-18-4-3-5-19(16-18)29-15-11-27-9-13-28-14-10-27/h1-7,16,21H,8-15,17H2,(H3,24,25,26). The zero-order valence-corrected chi connectivity index (χ0v) is 17.3. The number of para-hydroxylation sites is 1. The molecule has 2 aliphatic heterocycles. The number of nitrogens with two attached hydrogens (primary N) is 1. The Labute approximate surface area is 177 Å². The lowest BCUT2D eigenvalue weighted by molar-refractivity contribution is 0.0322. The highest BCUT2D eigenvalue weighted by Gasteiger charge is 2.21. The number of hydrogen-bond acceptors (Lipinski definition) is 5. The van der Waals surface area contributed by atoms with E-state index >= 15 is 0 Å². The lowest BCUT2D eigenvalue weighted by Crippen LogP contribution is -2.38. The summed E-state index contributed by atoms with van der Waals surface area (Å²) in [4.78, 5) is 6.88. The minimum atomic E-state index is 0.119. The first-order valence-corrected chi connectivity index (χ1v) is 10.6. The van der Waals surface area contributed by atoms with Crippen molar-refractivity contribution in [2.24, 2.45) is 10.7 Å². The Kier molecular flexibility index (Phi) is 7.05. The number of ether oxygens (including phenoxy) is 3. The number of hydrogen-bond donors (Lipinski definition) is 2. The molecular weight excluding hydrogens is 380 g/mol. The molecule has 2 aromatic rings. The summed E-state index contributed by atoms with van der Waals surface area (Å²) in [7, 11) is 0. The molecule has 0 radical (unpaired) electrons. The highest BCUT2D eigenvalue weighted by atomic mass is 16.5. The molecule has 1 fully saturated rings. The van der Waals surface area contributed by atoms with Gasteiger partial charge in [-0.15, -0.1) is 0 Å². The van der Waals surface area contributed by atoms with Crippen LogP contribution in [0.2, 0.25) is 0 Å². The van der Waals surface area contributed by atoms with E-state index in [1.54, 1.807) is 0 Å². The molecule has 2 aromatic carbocycles. The van der Waals surface area contributed by atoms with E-state index < -0.39 is 0 Å². The fraction of sp³-hybridized carbons (Fsp3) is 0.435. The van der Waals surface area contributed by atoms with Crippen molar-refractivity contribution in [1.82, 2.24) is 10.2 Å². The second-order valence-corrected chi connectivity index (χ2v) is 7.52. The number of benzene rings is 2. The fourth-order valence-corrected chi connectivity index (χ4v) is 3.74. The molecule has 0 aliphatic carbocycles. The van der Waals surface area contributed by atoms with Gasteiger partial charge in [0.05, 0.1) is 32.4 Å². The van der Waals surface area contributed by atoms with E-state index in [2.05, 4.69) is 21.3 Å². The van der Waals surface area contributed by atoms with Crippen molar-refractivity contribution in [2.75, 3.05) is 46.1 Å². The SMILES string of the molecule is NC(=NCc1cccc(OCCN2CCOCC2)c1)NC1CCOc2ccccc21. The molecule has 160 valence electrons. The highest BCUT2D eigenvalue weighted by molar-refractivity contribution is 5.78. The molecule has 0 saturated carbocycles. The maximum absolute atomic E-state index is 6.16. The first-order chi connectivity index (χ1) is 14.8. The van der Waals surface area contributed by atoms with Crippen molar-refractivity contribution < 1.29 is 14.2 Å². The van der Waals surface area contributed by atoms with Gasteiger partial charge in [0.1, 0.15) is 18.1 Å². The van der Waals surface area contributed by atoms with Crippen molar-refractivity contribution in [3.05, 3.63) is 59.7 Å². The van der Waals surface area contributed by atoms with Gasteiger partial charge in [0.25, 0.3) is 0 Å². The Morgan fingerprint density at radius 1 is 1.13 bits per heavy atom. The molecule has 1 unspecified atom stereocenters. The Morgan fingerprint density at radius 3 is 2.90 bits per heavy atom. The van der Waals surface area contributed by atoms with Crippen LogP contribution < -0.4 is 20.5 Å². The van der Waals surface area contributed by atoms with Gasteiger partial charge in [0.15, 0.2) is 5.96 Å². The van der Waals surface area contributed by atoms with Crippen molar-refractivity contribution in [1.29, 1.82) is 0 Å². The maximum Gasteiger partial charge on any atom is 0.189 e. The van der Waals surface area contributed by atoms with E-state index in [4.69, 9.17) is 19.9 Å². The molecule has 7 nitrogen and oxygen atoms in total. The second-order valence-electron chi connectivity index (χ2n) is 7.52. The van der Waals surface area contributed by atoms with Crippen molar-refractivity contribution in [2.45, 2.75) is 19.0 Å². The van der Waals surface area contributed by atoms with E-state index in [-0.39, 0.29) is 6.04 Å². The van der Waals surface area contributed by atoms with Gasteiger partial charge in [0, 0.05) is 31.6 Å². The van der Waals surface area contributed by atoms with Gasteiger partial charge in [-0.1, -0.05) is 30.3 Å². The molecule has 4 rings (SSSR count). The van der Waals surface area contributed by atoms with E-state index in [1.807, 2.05) is 42.5 Å². The predicted molar refractivity (Wildman–Crippen MR) is 117 cm³/mol. The fourth-order valence-electron chi connectivity index (χ4n) is 3.74. The molecule has 3 N–H and O–H groups in total. The summed E-state index contributed by atoms with van der Waals surface area (Å²) >= 11 is 0. The molecule has 0 bridgehead atoms. The largest absolute Gasteiger partial charge is 0.493 e. The average Bonchev–Trinajstić information content (AvgIpc) is 2.79. The molecule has 1 atom stereocenters. The van der Waals surface area contributed by atoms with Gasteiger partial charge in [-0.3, -0.25) is 4.90 Å². The minimum absolute atomic E-state index is 0.119. The lowest BCUT2D eigenvalue weighted by Gasteiger charge is -2.27. The Morgan fingerprint density at radius 2 is 2.00 bits per heavy atom. The summed E-state index contributed by atoms with van der Waals surface area (Å²) < 4.78 is 17.0.